The molecule has 0 bridgehead atoms. The molecule has 0 aliphatic rings. The first-order chi connectivity index (χ1) is 13.2. The molecule has 1 unspecified atom stereocenters. The summed E-state index contributed by atoms with van der Waals surface area (Å²) in [6.07, 6.45) is -1.21. The minimum absolute atomic E-state index is 0.0220. The number of carbonyl (C=O) groups is 2. The standard InChI is InChI=1S/C16H22N4O7S/c1-8(26-10(3)22)14(27-11(6-24-4)7-25-9(2)21)20-13-12(28-16(20)23)5-18-15(17)19-13/h5,8,11,14H,6-7H2,1-4H3,(H2,17,18,19)/t8?,11-,14+/m0/s1. The number of nitrogens with two attached hydrogens (primary N) is 1. The molecule has 0 aliphatic carbocycles. The molecule has 28 heavy (non-hydrogen) atoms. The van der Waals surface area contributed by atoms with Gasteiger partial charge in [-0.15, -0.1) is 0 Å². The summed E-state index contributed by atoms with van der Waals surface area (Å²) in [7, 11) is 1.45. The van der Waals surface area contributed by atoms with Crippen LogP contribution in [-0.2, 0) is 28.5 Å². The Balaban J connectivity index is 2.46. The van der Waals surface area contributed by atoms with Gasteiger partial charge < -0.3 is 24.7 Å². The summed E-state index contributed by atoms with van der Waals surface area (Å²) in [4.78, 5) is 42.8. The third-order valence-corrected chi connectivity index (χ3v) is 4.42. The Morgan fingerprint density at radius 2 is 2.00 bits per heavy atom. The Morgan fingerprint density at radius 1 is 1.29 bits per heavy atom. The van der Waals surface area contributed by atoms with Gasteiger partial charge in [0.2, 0.25) is 5.95 Å². The van der Waals surface area contributed by atoms with Crippen molar-refractivity contribution in [2.75, 3.05) is 26.1 Å². The maximum absolute atomic E-state index is 12.6. The lowest BCUT2D eigenvalue weighted by Gasteiger charge is -2.28. The molecule has 2 heterocycles. The molecular formula is C16H22N4O7S. The lowest BCUT2D eigenvalue weighted by Crippen LogP contribution is -2.38. The fraction of sp³-hybridized carbons (Fsp3) is 0.562. The first-order valence-electron chi connectivity index (χ1n) is 8.31. The minimum Gasteiger partial charge on any atom is -0.463 e. The van der Waals surface area contributed by atoms with E-state index in [1.54, 1.807) is 6.92 Å². The molecule has 0 radical (unpaired) electrons. The average Bonchev–Trinajstić information content (AvgIpc) is 2.91. The van der Waals surface area contributed by atoms with E-state index in [1.807, 2.05) is 0 Å². The van der Waals surface area contributed by atoms with Gasteiger partial charge in [-0.2, -0.15) is 4.98 Å². The Labute approximate surface area is 164 Å². The Morgan fingerprint density at radius 3 is 2.61 bits per heavy atom. The van der Waals surface area contributed by atoms with Gasteiger partial charge in [-0.05, 0) is 6.92 Å². The van der Waals surface area contributed by atoms with Crippen molar-refractivity contribution in [1.29, 1.82) is 0 Å². The van der Waals surface area contributed by atoms with Crippen molar-refractivity contribution in [1.82, 2.24) is 14.5 Å². The molecule has 2 N–H and O–H groups in total. The van der Waals surface area contributed by atoms with Crippen LogP contribution in [0.3, 0.4) is 0 Å². The molecule has 0 aromatic carbocycles. The number of hydrogen-bond donors (Lipinski definition) is 1. The number of thiazole rings is 1. The first-order valence-corrected chi connectivity index (χ1v) is 9.13. The van der Waals surface area contributed by atoms with Crippen molar-refractivity contribution in [3.8, 4) is 0 Å². The second-order valence-electron chi connectivity index (χ2n) is 5.88. The highest BCUT2D eigenvalue weighted by Crippen LogP contribution is 2.25. The second kappa shape index (κ2) is 9.57. The third-order valence-electron chi connectivity index (χ3n) is 3.54. The summed E-state index contributed by atoms with van der Waals surface area (Å²) in [6, 6.07) is 0. The van der Waals surface area contributed by atoms with E-state index in [1.165, 1.54) is 31.7 Å². The number of esters is 2. The zero-order chi connectivity index (χ0) is 20.8. The fourth-order valence-electron chi connectivity index (χ4n) is 2.50. The van der Waals surface area contributed by atoms with Gasteiger partial charge in [-0.25, -0.2) is 4.98 Å². The summed E-state index contributed by atoms with van der Waals surface area (Å²) in [5.74, 6) is -1.06. The number of nitrogen functional groups attached to an aromatic ring is 1. The molecule has 11 nitrogen and oxygen atoms in total. The van der Waals surface area contributed by atoms with E-state index >= 15 is 0 Å². The normalized spacial score (nSPS) is 14.4. The summed E-state index contributed by atoms with van der Waals surface area (Å²) < 4.78 is 23.0. The van der Waals surface area contributed by atoms with Crippen LogP contribution < -0.4 is 10.6 Å². The SMILES string of the molecule is COC[C@@H](COC(C)=O)O[C@H](C(C)OC(C)=O)n1c(=O)sc2cnc(N)nc21. The topological polar surface area (TPSA) is 145 Å². The van der Waals surface area contributed by atoms with Crippen LogP contribution >= 0.6 is 11.3 Å². The van der Waals surface area contributed by atoms with Gasteiger partial charge in [0, 0.05) is 21.0 Å². The van der Waals surface area contributed by atoms with Gasteiger partial charge in [0.25, 0.3) is 0 Å². The Kier molecular flexibility index (Phi) is 7.43. The number of ether oxygens (including phenoxy) is 4. The van der Waals surface area contributed by atoms with E-state index in [0.29, 0.717) is 4.70 Å². The van der Waals surface area contributed by atoms with Crippen LogP contribution in [0.4, 0.5) is 5.95 Å². The summed E-state index contributed by atoms with van der Waals surface area (Å²) in [5, 5.41) is 0. The van der Waals surface area contributed by atoms with E-state index in [2.05, 4.69) is 9.97 Å². The molecule has 154 valence electrons. The lowest BCUT2D eigenvalue weighted by molar-refractivity contribution is -0.177. The summed E-state index contributed by atoms with van der Waals surface area (Å²) >= 11 is 0.901. The van der Waals surface area contributed by atoms with Crippen LogP contribution in [0.1, 0.15) is 27.0 Å². The van der Waals surface area contributed by atoms with Crippen molar-refractivity contribution >= 4 is 39.6 Å². The smallest absolute Gasteiger partial charge is 0.311 e. The molecule has 0 aliphatic heterocycles. The van der Waals surface area contributed by atoms with Gasteiger partial charge in [0.15, 0.2) is 11.9 Å². The maximum atomic E-state index is 12.6. The quantitative estimate of drug-likeness (QED) is 0.575. The van der Waals surface area contributed by atoms with Gasteiger partial charge in [-0.1, -0.05) is 11.3 Å². The monoisotopic (exact) mass is 414 g/mol. The van der Waals surface area contributed by atoms with Crippen molar-refractivity contribution in [3.63, 3.8) is 0 Å². The van der Waals surface area contributed by atoms with Crippen molar-refractivity contribution in [3.05, 3.63) is 15.9 Å². The fourth-order valence-corrected chi connectivity index (χ4v) is 3.31. The molecule has 12 heteroatoms. The molecule has 2 aromatic heterocycles. The first kappa shape index (κ1) is 21.7. The zero-order valence-electron chi connectivity index (χ0n) is 15.9. The van der Waals surface area contributed by atoms with E-state index in [-0.39, 0.29) is 24.8 Å². The number of aromatic nitrogens is 3. The molecular weight excluding hydrogens is 392 g/mol. The second-order valence-corrected chi connectivity index (χ2v) is 6.87. The van der Waals surface area contributed by atoms with Gasteiger partial charge in [0.05, 0.1) is 17.5 Å². The van der Waals surface area contributed by atoms with Crippen LogP contribution in [0, 0.1) is 0 Å². The number of rotatable bonds is 9. The highest BCUT2D eigenvalue weighted by Gasteiger charge is 2.30. The van der Waals surface area contributed by atoms with E-state index in [4.69, 9.17) is 24.7 Å². The van der Waals surface area contributed by atoms with E-state index < -0.39 is 35.2 Å². The molecule has 0 saturated carbocycles. The number of anilines is 1. The van der Waals surface area contributed by atoms with Crippen LogP contribution in [0.2, 0.25) is 0 Å². The molecule has 0 fully saturated rings. The van der Waals surface area contributed by atoms with E-state index in [0.717, 1.165) is 11.3 Å². The number of carbonyl (C=O) groups excluding carboxylic acids is 2. The molecule has 0 saturated heterocycles. The molecule has 0 spiro atoms. The van der Waals surface area contributed by atoms with Crippen molar-refractivity contribution < 1.29 is 28.5 Å². The Hall–Kier alpha value is -2.57. The number of methoxy groups -OCH3 is 1. The predicted molar refractivity (Wildman–Crippen MR) is 99.7 cm³/mol. The largest absolute Gasteiger partial charge is 0.463 e. The third kappa shape index (κ3) is 5.47. The number of fused-ring (bicyclic) bond motifs is 1. The average molecular weight is 414 g/mol. The van der Waals surface area contributed by atoms with Gasteiger partial charge >= 0.3 is 16.8 Å². The number of hydrogen-bond acceptors (Lipinski definition) is 11. The summed E-state index contributed by atoms with van der Waals surface area (Å²) in [6.45, 7) is 4.04. The van der Waals surface area contributed by atoms with Crippen LogP contribution in [0.5, 0.6) is 0 Å². The molecule has 2 aromatic rings. The van der Waals surface area contributed by atoms with E-state index in [9.17, 15) is 14.4 Å². The molecule has 2 rings (SSSR count). The van der Waals surface area contributed by atoms with Gasteiger partial charge in [0.1, 0.15) is 18.8 Å². The highest BCUT2D eigenvalue weighted by molar-refractivity contribution is 7.16. The van der Waals surface area contributed by atoms with Crippen LogP contribution in [-0.4, -0.2) is 59.0 Å². The minimum atomic E-state index is -1.06. The van der Waals surface area contributed by atoms with Crippen molar-refractivity contribution in [2.45, 2.75) is 39.2 Å². The molecule has 3 atom stereocenters. The van der Waals surface area contributed by atoms with Crippen LogP contribution in [0.15, 0.2) is 11.0 Å². The maximum Gasteiger partial charge on any atom is 0.311 e. The highest BCUT2D eigenvalue weighted by atomic mass is 32.1. The van der Waals surface area contributed by atoms with Gasteiger partial charge in [-0.3, -0.25) is 19.0 Å². The lowest BCUT2D eigenvalue weighted by atomic mass is 10.3. The molecule has 0 amide bonds. The Bertz CT molecular complexity index is 897. The van der Waals surface area contributed by atoms with Crippen LogP contribution in [0.25, 0.3) is 10.3 Å². The zero-order valence-corrected chi connectivity index (χ0v) is 16.7. The predicted octanol–water partition coefficient (Wildman–Crippen LogP) is 0.480. The van der Waals surface area contributed by atoms with Crippen molar-refractivity contribution in [2.24, 2.45) is 0 Å². The number of nitrogens with zero attached hydrogens (tertiary/aromatic N) is 3. The summed E-state index contributed by atoms with van der Waals surface area (Å²) in [5.41, 5.74) is 5.90.